The summed E-state index contributed by atoms with van der Waals surface area (Å²) in [6, 6.07) is 0. The molecule has 1 aliphatic rings. The fraction of sp³-hybridized carbons (Fsp3) is 0.750. The molecule has 0 radical (unpaired) electrons. The molecule has 0 saturated carbocycles. The molecular weight excluding hydrogens is 216 g/mol. The average Bonchev–Trinajstić information content (AvgIpc) is 2.27. The van der Waals surface area contributed by atoms with Crippen molar-refractivity contribution in [1.29, 1.82) is 0 Å². The van der Waals surface area contributed by atoms with Crippen LogP contribution in [0.15, 0.2) is 0 Å². The summed E-state index contributed by atoms with van der Waals surface area (Å²) in [7, 11) is 3.69. The Balaban J connectivity index is 2.51. The predicted octanol–water partition coefficient (Wildman–Crippen LogP) is -0.0398. The van der Waals surface area contributed by atoms with Gasteiger partial charge in [-0.15, -0.1) is 0 Å². The number of hydrogen-bond donors (Lipinski definition) is 2. The molecule has 0 aromatic rings. The highest BCUT2D eigenvalue weighted by Crippen LogP contribution is 2.06. The highest BCUT2D eigenvalue weighted by Gasteiger charge is 2.19. The Bertz CT molecular complexity index is 209. The molecule has 0 aliphatic carbocycles. The molecule has 0 aromatic heterocycles. The van der Waals surface area contributed by atoms with Crippen LogP contribution in [-0.2, 0) is 0 Å². The van der Waals surface area contributed by atoms with Gasteiger partial charge in [-0.3, -0.25) is 0 Å². The van der Waals surface area contributed by atoms with Crippen molar-refractivity contribution in [1.82, 2.24) is 20.4 Å². The average molecular weight is 232 g/mol. The second-order valence-electron chi connectivity index (χ2n) is 3.13. The van der Waals surface area contributed by atoms with Crippen molar-refractivity contribution in [3.63, 3.8) is 0 Å². The van der Waals surface area contributed by atoms with E-state index >= 15 is 0 Å². The largest absolute Gasteiger partial charge is 0.366 e. The van der Waals surface area contributed by atoms with E-state index in [-0.39, 0.29) is 0 Å². The molecule has 0 atom stereocenters. The lowest BCUT2D eigenvalue weighted by Crippen LogP contribution is -2.53. The molecule has 0 spiro atoms. The van der Waals surface area contributed by atoms with E-state index in [1.54, 1.807) is 0 Å². The fourth-order valence-electron chi connectivity index (χ4n) is 1.45. The van der Waals surface area contributed by atoms with Crippen molar-refractivity contribution < 1.29 is 0 Å². The number of rotatable bonds is 0. The summed E-state index contributed by atoms with van der Waals surface area (Å²) >= 11 is 10.4. The van der Waals surface area contributed by atoms with Crippen LogP contribution in [0.5, 0.6) is 0 Å². The summed E-state index contributed by atoms with van der Waals surface area (Å²) in [6.45, 7) is 2.78. The van der Waals surface area contributed by atoms with Crippen molar-refractivity contribution >= 4 is 34.7 Å². The van der Waals surface area contributed by atoms with Gasteiger partial charge in [-0.2, -0.15) is 0 Å². The third-order valence-corrected chi connectivity index (χ3v) is 3.12. The molecule has 4 nitrogen and oxygen atoms in total. The number of nitrogens with one attached hydrogen (secondary N) is 2. The van der Waals surface area contributed by atoms with Crippen LogP contribution in [0, 0.1) is 0 Å². The summed E-state index contributed by atoms with van der Waals surface area (Å²) in [5, 5.41) is 7.53. The maximum absolute atomic E-state index is 5.18. The monoisotopic (exact) mass is 232 g/mol. The summed E-state index contributed by atoms with van der Waals surface area (Å²) in [4.78, 5) is 4.23. The highest BCUT2D eigenvalue weighted by molar-refractivity contribution is 7.80. The van der Waals surface area contributed by atoms with E-state index in [1.165, 1.54) is 0 Å². The molecule has 0 unspecified atom stereocenters. The van der Waals surface area contributed by atoms with Crippen molar-refractivity contribution in [2.45, 2.75) is 6.42 Å². The lowest BCUT2D eigenvalue weighted by atomic mass is 10.3. The van der Waals surface area contributed by atoms with Crippen LogP contribution in [-0.4, -0.2) is 53.9 Å². The molecule has 1 fully saturated rings. The molecule has 0 aromatic carbocycles. The van der Waals surface area contributed by atoms with Gasteiger partial charge < -0.3 is 20.4 Å². The Morgan fingerprint density at radius 2 is 1.43 bits per heavy atom. The molecule has 1 saturated heterocycles. The van der Waals surface area contributed by atoms with E-state index in [2.05, 4.69) is 20.4 Å². The molecule has 6 heteroatoms. The molecule has 0 bridgehead atoms. The van der Waals surface area contributed by atoms with Gasteiger partial charge >= 0.3 is 0 Å². The summed E-state index contributed by atoms with van der Waals surface area (Å²) in [5.41, 5.74) is 0. The Hall–Kier alpha value is -0.620. The Morgan fingerprint density at radius 1 is 1.00 bits per heavy atom. The third-order valence-electron chi connectivity index (χ3n) is 2.20. The van der Waals surface area contributed by atoms with Gasteiger partial charge in [-0.05, 0) is 30.9 Å². The van der Waals surface area contributed by atoms with E-state index in [4.69, 9.17) is 24.4 Å². The van der Waals surface area contributed by atoms with Crippen LogP contribution < -0.4 is 10.6 Å². The first kappa shape index (κ1) is 11.5. The Morgan fingerprint density at radius 3 is 1.79 bits per heavy atom. The summed E-state index contributed by atoms with van der Waals surface area (Å²) < 4.78 is 0. The van der Waals surface area contributed by atoms with Gasteiger partial charge in [-0.25, -0.2) is 0 Å². The molecular formula is C8H16N4S2. The normalized spacial score (nSPS) is 16.4. The van der Waals surface area contributed by atoms with E-state index in [0.717, 1.165) is 36.4 Å². The number of hydrogen-bond acceptors (Lipinski definition) is 2. The van der Waals surface area contributed by atoms with Crippen molar-refractivity contribution in [3.8, 4) is 0 Å². The maximum Gasteiger partial charge on any atom is 0.170 e. The van der Waals surface area contributed by atoms with Crippen LogP contribution in [0.4, 0.5) is 0 Å². The number of nitrogens with zero attached hydrogens (tertiary/aromatic N) is 2. The van der Waals surface area contributed by atoms with Gasteiger partial charge in [0.05, 0.1) is 6.67 Å². The first-order valence-corrected chi connectivity index (χ1v) is 5.44. The molecule has 80 valence electrons. The first-order valence-electron chi connectivity index (χ1n) is 4.62. The Kier molecular flexibility index (Phi) is 4.34. The highest BCUT2D eigenvalue weighted by atomic mass is 32.1. The van der Waals surface area contributed by atoms with Gasteiger partial charge in [0.1, 0.15) is 0 Å². The van der Waals surface area contributed by atoms with Gasteiger partial charge in [0, 0.05) is 27.2 Å². The third kappa shape index (κ3) is 2.68. The van der Waals surface area contributed by atoms with Crippen molar-refractivity contribution in [2.24, 2.45) is 0 Å². The van der Waals surface area contributed by atoms with Crippen LogP contribution >= 0.6 is 24.4 Å². The smallest absolute Gasteiger partial charge is 0.170 e. The maximum atomic E-state index is 5.18. The zero-order valence-corrected chi connectivity index (χ0v) is 10.2. The predicted molar refractivity (Wildman–Crippen MR) is 66.2 cm³/mol. The van der Waals surface area contributed by atoms with Crippen LogP contribution in [0.1, 0.15) is 6.42 Å². The second-order valence-corrected chi connectivity index (χ2v) is 3.91. The van der Waals surface area contributed by atoms with Gasteiger partial charge in [-0.1, -0.05) is 0 Å². The molecule has 1 heterocycles. The van der Waals surface area contributed by atoms with Crippen LogP contribution in [0.3, 0.4) is 0 Å². The van der Waals surface area contributed by atoms with E-state index in [1.807, 2.05) is 14.1 Å². The summed E-state index contributed by atoms with van der Waals surface area (Å²) in [5.74, 6) is 0. The van der Waals surface area contributed by atoms with E-state index < -0.39 is 0 Å². The van der Waals surface area contributed by atoms with Gasteiger partial charge in [0.25, 0.3) is 0 Å². The minimum absolute atomic E-state index is 0.777. The van der Waals surface area contributed by atoms with E-state index in [0.29, 0.717) is 0 Å². The standard InChI is InChI=1S/C8H16N4S2/c1-9-7(13)11-4-3-5-12(6-11)8(14)10-2/h3-6H2,1-2H3,(H,9,13)(H,10,14). The van der Waals surface area contributed by atoms with E-state index in [9.17, 15) is 0 Å². The first-order chi connectivity index (χ1) is 6.69. The second kappa shape index (κ2) is 5.31. The van der Waals surface area contributed by atoms with Crippen molar-refractivity contribution in [2.75, 3.05) is 33.9 Å². The molecule has 1 rings (SSSR count). The topological polar surface area (TPSA) is 30.5 Å². The quantitative estimate of drug-likeness (QED) is 0.570. The molecule has 1 aliphatic heterocycles. The molecule has 2 N–H and O–H groups in total. The SMILES string of the molecule is CNC(=S)N1CCCN(C(=S)NC)C1. The van der Waals surface area contributed by atoms with Crippen molar-refractivity contribution in [3.05, 3.63) is 0 Å². The minimum Gasteiger partial charge on any atom is -0.366 e. The van der Waals surface area contributed by atoms with Gasteiger partial charge in [0.15, 0.2) is 10.2 Å². The van der Waals surface area contributed by atoms with Crippen LogP contribution in [0.25, 0.3) is 0 Å². The summed E-state index contributed by atoms with van der Waals surface area (Å²) in [6.07, 6.45) is 1.09. The lowest BCUT2D eigenvalue weighted by Gasteiger charge is -2.37. The molecule has 14 heavy (non-hydrogen) atoms. The zero-order chi connectivity index (χ0) is 10.6. The minimum atomic E-state index is 0.777. The fourth-order valence-corrected chi connectivity index (χ4v) is 1.75. The van der Waals surface area contributed by atoms with Gasteiger partial charge in [0.2, 0.25) is 0 Å². The van der Waals surface area contributed by atoms with Crippen LogP contribution in [0.2, 0.25) is 0 Å². The molecule has 0 amide bonds. The zero-order valence-electron chi connectivity index (χ0n) is 8.54. The Labute approximate surface area is 95.6 Å². The lowest BCUT2D eigenvalue weighted by molar-refractivity contribution is 0.211. The number of thiocarbonyl (C=S) groups is 2.